The molecule has 1 aliphatic heterocycles. The number of ether oxygens (including phenoxy) is 1. The van der Waals surface area contributed by atoms with E-state index in [0.29, 0.717) is 18.6 Å². The predicted octanol–water partition coefficient (Wildman–Crippen LogP) is 2.08. The fourth-order valence-corrected chi connectivity index (χ4v) is 2.72. The minimum Gasteiger partial charge on any atom is -0.459 e. The van der Waals surface area contributed by atoms with Crippen LogP contribution in [0.15, 0.2) is 11.6 Å². The lowest BCUT2D eigenvalue weighted by molar-refractivity contribution is -0.139. The molecule has 1 rings (SSSR count). The molecule has 0 aromatic heterocycles. The van der Waals surface area contributed by atoms with Gasteiger partial charge < -0.3 is 20.1 Å². The van der Waals surface area contributed by atoms with Crippen molar-refractivity contribution in [2.24, 2.45) is 0 Å². The molecule has 0 aromatic carbocycles. The van der Waals surface area contributed by atoms with Gasteiger partial charge in [0.25, 0.3) is 0 Å². The van der Waals surface area contributed by atoms with Crippen molar-refractivity contribution in [3.8, 4) is 0 Å². The first-order chi connectivity index (χ1) is 10.7. The van der Waals surface area contributed by atoms with Gasteiger partial charge in [-0.3, -0.25) is 0 Å². The monoisotopic (exact) mass is 314 g/mol. The van der Waals surface area contributed by atoms with Crippen LogP contribution in [0.1, 0.15) is 64.2 Å². The molecule has 0 bridgehead atoms. The molecule has 0 aliphatic carbocycles. The summed E-state index contributed by atoms with van der Waals surface area (Å²) in [5.74, 6) is -0.360. The molecule has 1 aliphatic rings. The van der Waals surface area contributed by atoms with Crippen LogP contribution >= 0.6 is 0 Å². The Kier molecular flexibility index (Phi) is 10.1. The van der Waals surface area contributed by atoms with E-state index >= 15 is 0 Å². The summed E-state index contributed by atoms with van der Waals surface area (Å²) in [4.78, 5) is 11.6. The first-order valence-corrected chi connectivity index (χ1v) is 8.48. The Morgan fingerprint density at radius 3 is 2.23 bits per heavy atom. The van der Waals surface area contributed by atoms with Crippen molar-refractivity contribution >= 4 is 5.97 Å². The van der Waals surface area contributed by atoms with Gasteiger partial charge in [-0.25, -0.2) is 4.79 Å². The summed E-state index contributed by atoms with van der Waals surface area (Å²) in [6.07, 6.45) is 10.8. The highest BCUT2D eigenvalue weighted by atomic mass is 16.5. The Balaban J connectivity index is 2.04. The van der Waals surface area contributed by atoms with Crippen molar-refractivity contribution < 1.29 is 24.9 Å². The third-order valence-corrected chi connectivity index (χ3v) is 4.00. The van der Waals surface area contributed by atoms with Crippen LogP contribution in [0, 0.1) is 0 Å². The largest absolute Gasteiger partial charge is 0.459 e. The van der Waals surface area contributed by atoms with E-state index in [1.54, 1.807) is 0 Å². The topological polar surface area (TPSA) is 87.0 Å². The van der Waals surface area contributed by atoms with Crippen molar-refractivity contribution in [2.75, 3.05) is 13.2 Å². The number of hydrogen-bond donors (Lipinski definition) is 3. The summed E-state index contributed by atoms with van der Waals surface area (Å²) in [6.45, 7) is -0.0778. The van der Waals surface area contributed by atoms with Crippen LogP contribution in [0.2, 0.25) is 0 Å². The third-order valence-electron chi connectivity index (χ3n) is 4.00. The Morgan fingerprint density at radius 2 is 1.64 bits per heavy atom. The quantitative estimate of drug-likeness (QED) is 0.292. The van der Waals surface area contributed by atoms with Crippen molar-refractivity contribution in [2.45, 2.75) is 76.4 Å². The van der Waals surface area contributed by atoms with Crippen LogP contribution in [0.25, 0.3) is 0 Å². The summed E-state index contributed by atoms with van der Waals surface area (Å²) in [5.41, 5.74) is 0.482. The Labute approximate surface area is 133 Å². The Morgan fingerprint density at radius 1 is 1.05 bits per heavy atom. The highest BCUT2D eigenvalue weighted by molar-refractivity contribution is 5.90. The van der Waals surface area contributed by atoms with Crippen molar-refractivity contribution in [1.82, 2.24) is 0 Å². The summed E-state index contributed by atoms with van der Waals surface area (Å²) >= 11 is 0. The Bertz CT molecular complexity index is 340. The second-order valence-electron chi connectivity index (χ2n) is 6.01. The molecule has 5 heteroatoms. The molecule has 0 radical (unpaired) electrons. The fraction of sp³-hybridized carbons (Fsp3) is 0.824. The molecule has 2 atom stereocenters. The molecule has 1 heterocycles. The van der Waals surface area contributed by atoms with Gasteiger partial charge in [-0.2, -0.15) is 0 Å². The zero-order valence-corrected chi connectivity index (χ0v) is 13.4. The maximum absolute atomic E-state index is 11.6. The zero-order valence-electron chi connectivity index (χ0n) is 13.4. The van der Waals surface area contributed by atoms with E-state index in [4.69, 9.17) is 14.9 Å². The molecule has 3 N–H and O–H groups in total. The van der Waals surface area contributed by atoms with E-state index in [2.05, 4.69) is 0 Å². The zero-order chi connectivity index (χ0) is 16.2. The second-order valence-corrected chi connectivity index (χ2v) is 6.01. The van der Waals surface area contributed by atoms with Crippen LogP contribution in [-0.4, -0.2) is 46.7 Å². The summed E-state index contributed by atoms with van der Waals surface area (Å²) < 4.78 is 5.27. The Hall–Kier alpha value is -0.910. The first-order valence-electron chi connectivity index (χ1n) is 8.48. The molecule has 0 saturated carbocycles. The number of hydrogen-bond acceptors (Lipinski definition) is 5. The first kappa shape index (κ1) is 19.1. The number of rotatable bonds is 12. The van der Waals surface area contributed by atoms with Crippen LogP contribution in [0.4, 0.5) is 0 Å². The molecular weight excluding hydrogens is 284 g/mol. The number of aliphatic hydroxyl groups is 3. The number of carbonyl (C=O) groups excluding carboxylic acids is 1. The molecule has 0 amide bonds. The minimum atomic E-state index is -0.980. The lowest BCUT2D eigenvalue weighted by Gasteiger charge is -2.07. The van der Waals surface area contributed by atoms with Gasteiger partial charge in [0.2, 0.25) is 0 Å². The summed E-state index contributed by atoms with van der Waals surface area (Å²) in [6, 6.07) is 0. The van der Waals surface area contributed by atoms with E-state index in [0.717, 1.165) is 32.1 Å². The van der Waals surface area contributed by atoms with Crippen LogP contribution in [0.5, 0.6) is 0 Å². The predicted molar refractivity (Wildman–Crippen MR) is 84.3 cm³/mol. The summed E-state index contributed by atoms with van der Waals surface area (Å²) in [7, 11) is 0. The molecule has 0 unspecified atom stereocenters. The molecule has 22 heavy (non-hydrogen) atoms. The average molecular weight is 314 g/mol. The second kappa shape index (κ2) is 11.6. The average Bonchev–Trinajstić information content (AvgIpc) is 2.85. The number of carbonyl (C=O) groups is 1. The maximum Gasteiger partial charge on any atom is 0.334 e. The molecule has 0 aromatic rings. The van der Waals surface area contributed by atoms with Crippen LogP contribution in [-0.2, 0) is 9.53 Å². The summed E-state index contributed by atoms with van der Waals surface area (Å²) in [5, 5.41) is 26.8. The SMILES string of the molecule is O=C1O[C@H](CCCCCCCCCCO)C/C1=C/[C@@H](O)CO. The molecule has 1 fully saturated rings. The van der Waals surface area contributed by atoms with Crippen molar-refractivity contribution in [3.05, 3.63) is 11.6 Å². The van der Waals surface area contributed by atoms with E-state index < -0.39 is 6.10 Å². The van der Waals surface area contributed by atoms with Gasteiger partial charge in [0.05, 0.1) is 12.7 Å². The minimum absolute atomic E-state index is 0.0748. The fourth-order valence-electron chi connectivity index (χ4n) is 2.72. The van der Waals surface area contributed by atoms with Crippen molar-refractivity contribution in [3.63, 3.8) is 0 Å². The van der Waals surface area contributed by atoms with Crippen molar-refractivity contribution in [1.29, 1.82) is 0 Å². The van der Waals surface area contributed by atoms with E-state index in [1.165, 1.54) is 31.8 Å². The molecule has 0 spiro atoms. The van der Waals surface area contributed by atoms with Gasteiger partial charge in [0.15, 0.2) is 0 Å². The van der Waals surface area contributed by atoms with Gasteiger partial charge in [0.1, 0.15) is 6.10 Å². The molecule has 5 nitrogen and oxygen atoms in total. The molecule has 128 valence electrons. The van der Waals surface area contributed by atoms with Crippen LogP contribution in [0.3, 0.4) is 0 Å². The van der Waals surface area contributed by atoms with Crippen LogP contribution < -0.4 is 0 Å². The molecular formula is C17H30O5. The number of unbranched alkanes of at least 4 members (excludes halogenated alkanes) is 7. The van der Waals surface area contributed by atoms with Gasteiger partial charge in [-0.05, 0) is 25.3 Å². The lowest BCUT2D eigenvalue weighted by atomic mass is 10.0. The number of cyclic esters (lactones) is 1. The van der Waals surface area contributed by atoms with Gasteiger partial charge in [0, 0.05) is 18.6 Å². The highest BCUT2D eigenvalue weighted by Crippen LogP contribution is 2.25. The standard InChI is InChI=1S/C17H30O5/c18-10-8-6-4-2-1-3-5-7-9-16-12-14(17(21)22-16)11-15(20)13-19/h11,15-16,18-20H,1-10,12-13H2/b14-11-/t15-,16-/m1/s1. The van der Waals surface area contributed by atoms with E-state index in [1.807, 2.05) is 0 Å². The third kappa shape index (κ3) is 7.92. The number of aliphatic hydroxyl groups excluding tert-OH is 3. The normalized spacial score (nSPS) is 21.3. The van der Waals surface area contributed by atoms with Gasteiger partial charge >= 0.3 is 5.97 Å². The van der Waals surface area contributed by atoms with E-state index in [9.17, 15) is 9.90 Å². The number of esters is 1. The lowest BCUT2D eigenvalue weighted by Crippen LogP contribution is -2.10. The highest BCUT2D eigenvalue weighted by Gasteiger charge is 2.28. The van der Waals surface area contributed by atoms with Gasteiger partial charge in [-0.1, -0.05) is 38.5 Å². The van der Waals surface area contributed by atoms with Gasteiger partial charge in [-0.15, -0.1) is 0 Å². The smallest absolute Gasteiger partial charge is 0.334 e. The maximum atomic E-state index is 11.6. The van der Waals surface area contributed by atoms with E-state index in [-0.39, 0.29) is 18.7 Å². The molecule has 1 saturated heterocycles.